The van der Waals surface area contributed by atoms with Crippen LogP contribution in [0.3, 0.4) is 0 Å². The molecule has 3 N–H and O–H groups in total. The highest BCUT2D eigenvalue weighted by atomic mass is 16.5. The van der Waals surface area contributed by atoms with Crippen molar-refractivity contribution < 1.29 is 9.53 Å². The van der Waals surface area contributed by atoms with E-state index in [1.807, 2.05) is 36.5 Å². The van der Waals surface area contributed by atoms with Crippen LogP contribution in [0.4, 0.5) is 5.95 Å². The number of H-pyrrole nitrogens is 2. The molecule has 0 saturated carbocycles. The largest absolute Gasteiger partial charge is 0.383 e. The quantitative estimate of drug-likeness (QED) is 0.404. The standard InChI is InChI=1S/C21H19N7O2/c1-30-10-9-28-12-13(11-24-28)20(29)27-21-25-17-4-2-3-15(18(17)26-21)14-5-7-22-19-16(14)6-8-23-19/h2-8,11-12H,9-10H2,1H3,(H,22,23)(H2,25,26,27,29). The molecule has 4 aromatic heterocycles. The molecule has 0 aliphatic rings. The summed E-state index contributed by atoms with van der Waals surface area (Å²) in [5.74, 6) is 0.0997. The number of methoxy groups -OCH3 is 1. The first-order valence-electron chi connectivity index (χ1n) is 9.47. The number of fused-ring (bicyclic) bond motifs is 2. The molecule has 0 aliphatic heterocycles. The van der Waals surface area contributed by atoms with Gasteiger partial charge in [0.2, 0.25) is 5.95 Å². The number of imidazole rings is 1. The van der Waals surface area contributed by atoms with Crippen LogP contribution in [0.1, 0.15) is 10.4 Å². The molecule has 9 heteroatoms. The van der Waals surface area contributed by atoms with Crippen LogP contribution in [0.25, 0.3) is 33.2 Å². The molecule has 1 amide bonds. The van der Waals surface area contributed by atoms with Crippen LogP contribution in [0.5, 0.6) is 0 Å². The molecular weight excluding hydrogens is 382 g/mol. The third-order valence-corrected chi connectivity index (χ3v) is 4.91. The second-order valence-corrected chi connectivity index (χ2v) is 6.82. The number of aromatic amines is 2. The molecule has 0 fully saturated rings. The lowest BCUT2D eigenvalue weighted by Gasteiger charge is -2.04. The molecule has 0 bridgehead atoms. The average Bonchev–Trinajstić information content (AvgIpc) is 3.50. The minimum Gasteiger partial charge on any atom is -0.383 e. The number of hydrogen-bond donors (Lipinski definition) is 3. The van der Waals surface area contributed by atoms with Gasteiger partial charge in [-0.15, -0.1) is 0 Å². The summed E-state index contributed by atoms with van der Waals surface area (Å²) in [6.45, 7) is 1.11. The first-order valence-corrected chi connectivity index (χ1v) is 9.47. The highest BCUT2D eigenvalue weighted by molar-refractivity contribution is 6.05. The number of nitrogens with one attached hydrogen (secondary N) is 3. The summed E-state index contributed by atoms with van der Waals surface area (Å²) < 4.78 is 6.70. The van der Waals surface area contributed by atoms with Crippen molar-refractivity contribution in [3.8, 4) is 11.1 Å². The van der Waals surface area contributed by atoms with Crippen molar-refractivity contribution in [2.24, 2.45) is 0 Å². The number of pyridine rings is 1. The van der Waals surface area contributed by atoms with Gasteiger partial charge in [0.05, 0.1) is 35.9 Å². The van der Waals surface area contributed by atoms with Gasteiger partial charge in [-0.3, -0.25) is 14.8 Å². The zero-order valence-corrected chi connectivity index (χ0v) is 16.2. The minimum absolute atomic E-state index is 0.281. The maximum Gasteiger partial charge on any atom is 0.261 e. The Morgan fingerprint density at radius 1 is 1.23 bits per heavy atom. The number of nitrogens with zero attached hydrogens (tertiary/aromatic N) is 4. The molecule has 9 nitrogen and oxygen atoms in total. The molecule has 0 spiro atoms. The Morgan fingerprint density at radius 3 is 3.07 bits per heavy atom. The Morgan fingerprint density at radius 2 is 2.17 bits per heavy atom. The normalized spacial score (nSPS) is 11.4. The van der Waals surface area contributed by atoms with Gasteiger partial charge in [-0.25, -0.2) is 9.97 Å². The molecule has 1 aromatic carbocycles. The Kier molecular flexibility index (Phi) is 4.49. The van der Waals surface area contributed by atoms with Crippen LogP contribution < -0.4 is 5.32 Å². The van der Waals surface area contributed by atoms with Gasteiger partial charge >= 0.3 is 0 Å². The smallest absolute Gasteiger partial charge is 0.261 e. The van der Waals surface area contributed by atoms with Crippen LogP contribution in [-0.4, -0.2) is 49.3 Å². The number of rotatable bonds is 6. The fraction of sp³-hybridized carbons (Fsp3) is 0.143. The van der Waals surface area contributed by atoms with E-state index in [-0.39, 0.29) is 5.91 Å². The molecule has 30 heavy (non-hydrogen) atoms. The van der Waals surface area contributed by atoms with Crippen molar-refractivity contribution >= 4 is 33.9 Å². The molecule has 0 unspecified atom stereocenters. The highest BCUT2D eigenvalue weighted by Crippen LogP contribution is 2.32. The van der Waals surface area contributed by atoms with E-state index in [1.54, 1.807) is 24.2 Å². The number of anilines is 1. The van der Waals surface area contributed by atoms with Crippen molar-refractivity contribution in [3.05, 3.63) is 60.7 Å². The third-order valence-electron chi connectivity index (χ3n) is 4.91. The Bertz CT molecular complexity index is 1350. The molecule has 5 aromatic rings. The number of hydrogen-bond acceptors (Lipinski definition) is 5. The van der Waals surface area contributed by atoms with E-state index >= 15 is 0 Å². The van der Waals surface area contributed by atoms with Crippen molar-refractivity contribution in [3.63, 3.8) is 0 Å². The summed E-state index contributed by atoms with van der Waals surface area (Å²) in [7, 11) is 1.62. The monoisotopic (exact) mass is 401 g/mol. The summed E-state index contributed by atoms with van der Waals surface area (Å²) in [6, 6.07) is 9.86. The number of aromatic nitrogens is 6. The lowest BCUT2D eigenvalue weighted by molar-refractivity contribution is 0.102. The maximum absolute atomic E-state index is 12.6. The molecule has 150 valence electrons. The fourth-order valence-corrected chi connectivity index (χ4v) is 3.47. The van der Waals surface area contributed by atoms with Gasteiger partial charge in [0.25, 0.3) is 5.91 Å². The van der Waals surface area contributed by atoms with E-state index in [1.165, 1.54) is 6.20 Å². The predicted octanol–water partition coefficient (Wildman–Crippen LogP) is 3.20. The van der Waals surface area contributed by atoms with E-state index in [4.69, 9.17) is 4.74 Å². The van der Waals surface area contributed by atoms with Crippen molar-refractivity contribution in [2.75, 3.05) is 19.0 Å². The van der Waals surface area contributed by atoms with Crippen LogP contribution in [0.15, 0.2) is 55.1 Å². The Hall–Kier alpha value is -3.98. The molecule has 0 saturated heterocycles. The number of ether oxygens (including phenoxy) is 1. The van der Waals surface area contributed by atoms with Crippen molar-refractivity contribution in [2.45, 2.75) is 6.54 Å². The van der Waals surface area contributed by atoms with E-state index in [0.717, 1.165) is 33.2 Å². The summed E-state index contributed by atoms with van der Waals surface area (Å²) in [5.41, 5.74) is 4.87. The van der Waals surface area contributed by atoms with E-state index in [0.29, 0.717) is 24.7 Å². The minimum atomic E-state index is -0.281. The number of carbonyl (C=O) groups is 1. The van der Waals surface area contributed by atoms with Crippen LogP contribution in [-0.2, 0) is 11.3 Å². The lowest BCUT2D eigenvalue weighted by atomic mass is 10.0. The van der Waals surface area contributed by atoms with Crippen LogP contribution in [0.2, 0.25) is 0 Å². The van der Waals surface area contributed by atoms with Gasteiger partial charge in [0, 0.05) is 36.7 Å². The average molecular weight is 401 g/mol. The molecule has 0 radical (unpaired) electrons. The van der Waals surface area contributed by atoms with Crippen LogP contribution in [0, 0.1) is 0 Å². The number of para-hydroxylation sites is 1. The first-order chi connectivity index (χ1) is 14.7. The molecule has 5 rings (SSSR count). The van der Waals surface area contributed by atoms with Gasteiger partial charge < -0.3 is 14.7 Å². The lowest BCUT2D eigenvalue weighted by Crippen LogP contribution is -2.12. The Labute approximate surface area is 171 Å². The molecular formula is C21H19N7O2. The van der Waals surface area contributed by atoms with Gasteiger partial charge in [-0.2, -0.15) is 5.10 Å². The highest BCUT2D eigenvalue weighted by Gasteiger charge is 2.15. The van der Waals surface area contributed by atoms with Gasteiger partial charge in [-0.1, -0.05) is 12.1 Å². The predicted molar refractivity (Wildman–Crippen MR) is 113 cm³/mol. The van der Waals surface area contributed by atoms with E-state index < -0.39 is 0 Å². The zero-order chi connectivity index (χ0) is 20.5. The summed E-state index contributed by atoms with van der Waals surface area (Å²) in [5, 5.41) is 8.01. The van der Waals surface area contributed by atoms with E-state index in [9.17, 15) is 4.79 Å². The summed E-state index contributed by atoms with van der Waals surface area (Å²) in [4.78, 5) is 27.9. The van der Waals surface area contributed by atoms with E-state index in [2.05, 4.69) is 30.4 Å². The Balaban J connectivity index is 1.46. The summed E-state index contributed by atoms with van der Waals surface area (Å²) in [6.07, 6.45) is 6.84. The third kappa shape index (κ3) is 3.20. The second kappa shape index (κ2) is 7.45. The maximum atomic E-state index is 12.6. The van der Waals surface area contributed by atoms with Crippen molar-refractivity contribution in [1.29, 1.82) is 0 Å². The first kappa shape index (κ1) is 18.1. The topological polar surface area (TPSA) is 114 Å². The summed E-state index contributed by atoms with van der Waals surface area (Å²) >= 11 is 0. The van der Waals surface area contributed by atoms with Gasteiger partial charge in [0.1, 0.15) is 5.65 Å². The van der Waals surface area contributed by atoms with Gasteiger partial charge in [-0.05, 0) is 23.8 Å². The second-order valence-electron chi connectivity index (χ2n) is 6.82. The molecule has 4 heterocycles. The van der Waals surface area contributed by atoms with Crippen LogP contribution >= 0.6 is 0 Å². The zero-order valence-electron chi connectivity index (χ0n) is 16.2. The fourth-order valence-electron chi connectivity index (χ4n) is 3.47. The molecule has 0 aliphatic carbocycles. The number of carbonyl (C=O) groups excluding carboxylic acids is 1. The van der Waals surface area contributed by atoms with Crippen molar-refractivity contribution in [1.82, 2.24) is 29.7 Å². The SMILES string of the molecule is COCCn1cc(C(=O)Nc2nc3c(-c4ccnc5[nH]ccc45)cccc3[nH]2)cn1. The number of amides is 1. The van der Waals surface area contributed by atoms with Gasteiger partial charge in [0.15, 0.2) is 0 Å². The molecule has 0 atom stereocenters. The number of benzene rings is 1.